The Bertz CT molecular complexity index is 1180. The van der Waals surface area contributed by atoms with Crippen LogP contribution in [0.4, 0.5) is 0 Å². The monoisotopic (exact) mass is 462 g/mol. The summed E-state index contributed by atoms with van der Waals surface area (Å²) in [5, 5.41) is 5.30. The minimum Gasteiger partial charge on any atom is -0.352 e. The fraction of sp³-hybridized carbons (Fsp3) is 0.292. The SMILES string of the molecule is CN(C)CCCN1C(=S)N[C@@H](c2ccccn2)[C@H]1c1cccn1-c1nc2ccccc2s1. The van der Waals surface area contributed by atoms with Crippen LogP contribution in [0.1, 0.15) is 29.9 Å². The highest BCUT2D eigenvalue weighted by Crippen LogP contribution is 2.40. The van der Waals surface area contributed by atoms with Crippen molar-refractivity contribution in [2.24, 2.45) is 0 Å². The molecule has 3 aromatic heterocycles. The molecule has 1 saturated heterocycles. The first-order valence-electron chi connectivity index (χ1n) is 10.8. The summed E-state index contributed by atoms with van der Waals surface area (Å²) in [6.45, 7) is 1.89. The molecule has 6 nitrogen and oxygen atoms in total. The largest absolute Gasteiger partial charge is 0.352 e. The maximum Gasteiger partial charge on any atom is 0.194 e. The zero-order valence-corrected chi connectivity index (χ0v) is 19.8. The van der Waals surface area contributed by atoms with E-state index in [1.165, 1.54) is 4.70 Å². The Morgan fingerprint density at radius 2 is 1.94 bits per heavy atom. The van der Waals surface area contributed by atoms with E-state index in [9.17, 15) is 0 Å². The van der Waals surface area contributed by atoms with Crippen LogP contribution in [0.3, 0.4) is 0 Å². The summed E-state index contributed by atoms with van der Waals surface area (Å²) >= 11 is 7.52. The number of thiazole rings is 1. The third-order valence-corrected chi connectivity index (χ3v) is 7.16. The van der Waals surface area contributed by atoms with Gasteiger partial charge in [0.1, 0.15) is 0 Å². The maximum absolute atomic E-state index is 5.81. The van der Waals surface area contributed by atoms with Gasteiger partial charge >= 0.3 is 0 Å². The van der Waals surface area contributed by atoms with Crippen LogP contribution in [-0.2, 0) is 0 Å². The van der Waals surface area contributed by atoms with Crippen LogP contribution < -0.4 is 5.32 Å². The summed E-state index contributed by atoms with van der Waals surface area (Å²) in [5.74, 6) is 0. The zero-order valence-electron chi connectivity index (χ0n) is 18.2. The number of hydrogen-bond donors (Lipinski definition) is 1. The molecule has 0 aliphatic carbocycles. The summed E-state index contributed by atoms with van der Waals surface area (Å²) in [6.07, 6.45) is 4.97. The standard InChI is InChI=1S/C24H26N6S2/c1-28(2)14-8-16-30-22(21(27-23(30)31)18-10-5-6-13-25-18)19-11-7-15-29(19)24-26-17-9-3-4-12-20(17)32-24/h3-7,9-13,15,21-22H,8,14,16H2,1-2H3,(H,27,31)/t21-,22+/m0/s1. The van der Waals surface area contributed by atoms with E-state index in [1.807, 2.05) is 24.4 Å². The number of aromatic nitrogens is 3. The molecule has 4 aromatic rings. The van der Waals surface area contributed by atoms with E-state index >= 15 is 0 Å². The van der Waals surface area contributed by atoms with Crippen LogP contribution >= 0.6 is 23.6 Å². The molecule has 0 unspecified atom stereocenters. The number of rotatable bonds is 7. The molecule has 164 valence electrons. The van der Waals surface area contributed by atoms with Crippen molar-refractivity contribution in [3.63, 3.8) is 0 Å². The number of thiocarbonyl (C=S) groups is 1. The van der Waals surface area contributed by atoms with Crippen LogP contribution in [0.15, 0.2) is 67.0 Å². The van der Waals surface area contributed by atoms with Crippen molar-refractivity contribution in [1.29, 1.82) is 0 Å². The van der Waals surface area contributed by atoms with Gasteiger partial charge in [-0.05, 0) is 75.7 Å². The van der Waals surface area contributed by atoms with Gasteiger partial charge in [-0.25, -0.2) is 4.98 Å². The lowest BCUT2D eigenvalue weighted by Gasteiger charge is -2.28. The van der Waals surface area contributed by atoms with Gasteiger partial charge in [-0.1, -0.05) is 29.5 Å². The van der Waals surface area contributed by atoms with Crippen LogP contribution in [0.25, 0.3) is 15.3 Å². The second-order valence-electron chi connectivity index (χ2n) is 8.24. The van der Waals surface area contributed by atoms with E-state index < -0.39 is 0 Å². The van der Waals surface area contributed by atoms with Gasteiger partial charge in [0.25, 0.3) is 0 Å². The Kier molecular flexibility index (Phi) is 5.91. The molecule has 0 spiro atoms. The summed E-state index contributed by atoms with van der Waals surface area (Å²) in [5.41, 5.74) is 3.18. The first-order chi connectivity index (χ1) is 15.6. The Balaban J connectivity index is 1.55. The van der Waals surface area contributed by atoms with Gasteiger partial charge in [0, 0.05) is 18.9 Å². The lowest BCUT2D eigenvalue weighted by Crippen LogP contribution is -2.32. The molecule has 4 heterocycles. The number of nitrogens with one attached hydrogen (secondary N) is 1. The van der Waals surface area contributed by atoms with Gasteiger partial charge in [-0.3, -0.25) is 9.55 Å². The van der Waals surface area contributed by atoms with Crippen molar-refractivity contribution >= 4 is 38.9 Å². The van der Waals surface area contributed by atoms with Crippen LogP contribution in [0, 0.1) is 0 Å². The van der Waals surface area contributed by atoms with E-state index in [1.54, 1.807) is 11.3 Å². The summed E-state index contributed by atoms with van der Waals surface area (Å²) < 4.78 is 3.39. The smallest absolute Gasteiger partial charge is 0.194 e. The first kappa shape index (κ1) is 21.1. The Morgan fingerprint density at radius 3 is 2.72 bits per heavy atom. The van der Waals surface area contributed by atoms with E-state index in [0.29, 0.717) is 0 Å². The Morgan fingerprint density at radius 1 is 1.09 bits per heavy atom. The van der Waals surface area contributed by atoms with Crippen LogP contribution in [0.2, 0.25) is 0 Å². The average Bonchev–Trinajstić information content (AvgIpc) is 3.51. The lowest BCUT2D eigenvalue weighted by molar-refractivity contribution is 0.286. The second-order valence-corrected chi connectivity index (χ2v) is 9.64. The van der Waals surface area contributed by atoms with Crippen molar-refractivity contribution < 1.29 is 0 Å². The number of para-hydroxylation sites is 1. The fourth-order valence-corrected chi connectivity index (χ4v) is 5.60. The lowest BCUT2D eigenvalue weighted by atomic mass is 10.0. The molecule has 1 aliphatic heterocycles. The highest BCUT2D eigenvalue weighted by atomic mass is 32.1. The minimum absolute atomic E-state index is 0.0221. The molecule has 1 fully saturated rings. The molecule has 8 heteroatoms. The molecule has 32 heavy (non-hydrogen) atoms. The molecule has 1 aromatic carbocycles. The van der Waals surface area contributed by atoms with Crippen molar-refractivity contribution in [3.05, 3.63) is 78.4 Å². The van der Waals surface area contributed by atoms with E-state index in [2.05, 4.69) is 81.4 Å². The number of benzene rings is 1. The zero-order chi connectivity index (χ0) is 22.1. The van der Waals surface area contributed by atoms with Gasteiger partial charge in [0.05, 0.1) is 33.7 Å². The van der Waals surface area contributed by atoms with E-state index in [4.69, 9.17) is 17.2 Å². The van der Waals surface area contributed by atoms with Gasteiger partial charge in [0.2, 0.25) is 0 Å². The van der Waals surface area contributed by atoms with Crippen molar-refractivity contribution in [2.75, 3.05) is 27.2 Å². The Labute approximate surface area is 197 Å². The molecule has 1 N–H and O–H groups in total. The highest BCUT2D eigenvalue weighted by Gasteiger charge is 2.41. The molecular weight excluding hydrogens is 436 g/mol. The normalized spacial score (nSPS) is 18.6. The molecule has 0 radical (unpaired) electrons. The Hall–Kier alpha value is -2.81. The summed E-state index contributed by atoms with van der Waals surface area (Å²) in [6, 6.07) is 18.6. The fourth-order valence-electron chi connectivity index (χ4n) is 4.30. The summed E-state index contributed by atoms with van der Waals surface area (Å²) in [4.78, 5) is 14.1. The van der Waals surface area contributed by atoms with Crippen molar-refractivity contribution in [3.8, 4) is 5.13 Å². The molecule has 1 aliphatic rings. The molecule has 5 rings (SSSR count). The quantitative estimate of drug-likeness (QED) is 0.411. The third kappa shape index (κ3) is 4.01. The number of nitrogens with zero attached hydrogens (tertiary/aromatic N) is 5. The number of hydrogen-bond acceptors (Lipinski definition) is 5. The van der Waals surface area contributed by atoms with Crippen LogP contribution in [0.5, 0.6) is 0 Å². The highest BCUT2D eigenvalue weighted by molar-refractivity contribution is 7.80. The predicted octanol–water partition coefficient (Wildman–Crippen LogP) is 4.41. The number of fused-ring (bicyclic) bond motifs is 1. The maximum atomic E-state index is 5.81. The van der Waals surface area contributed by atoms with E-state index in [-0.39, 0.29) is 12.1 Å². The number of pyridine rings is 1. The molecule has 0 amide bonds. The molecular formula is C24H26N6S2. The minimum atomic E-state index is -0.0221. The van der Waals surface area contributed by atoms with Crippen molar-refractivity contribution in [2.45, 2.75) is 18.5 Å². The van der Waals surface area contributed by atoms with Crippen molar-refractivity contribution in [1.82, 2.24) is 29.7 Å². The molecule has 0 saturated carbocycles. The first-order valence-corrected chi connectivity index (χ1v) is 12.0. The topological polar surface area (TPSA) is 49.2 Å². The average molecular weight is 463 g/mol. The van der Waals surface area contributed by atoms with Gasteiger partial charge in [-0.15, -0.1) is 0 Å². The molecule has 2 atom stereocenters. The predicted molar refractivity (Wildman–Crippen MR) is 134 cm³/mol. The van der Waals surface area contributed by atoms with Gasteiger partial charge in [-0.2, -0.15) is 0 Å². The van der Waals surface area contributed by atoms with E-state index in [0.717, 1.165) is 46.7 Å². The van der Waals surface area contributed by atoms with Crippen LogP contribution in [-0.4, -0.2) is 56.6 Å². The third-order valence-electron chi connectivity index (χ3n) is 5.77. The second kappa shape index (κ2) is 8.97. The summed E-state index contributed by atoms with van der Waals surface area (Å²) in [7, 11) is 4.21. The van der Waals surface area contributed by atoms with Gasteiger partial charge < -0.3 is 15.1 Å². The van der Waals surface area contributed by atoms with Gasteiger partial charge in [0.15, 0.2) is 10.2 Å². The molecule has 0 bridgehead atoms.